The summed E-state index contributed by atoms with van der Waals surface area (Å²) in [6, 6.07) is 0. The van der Waals surface area contributed by atoms with E-state index < -0.39 is 0 Å². The molecule has 6 heteroatoms. The van der Waals surface area contributed by atoms with Gasteiger partial charge in [0.25, 0.3) is 0 Å². The number of allylic oxidation sites excluding steroid dienone is 16. The molecule has 0 nitrogen and oxygen atoms in total. The molecule has 0 fully saturated rings. The normalized spacial score (nSPS) is 12.9. The fourth-order valence-corrected chi connectivity index (χ4v) is 1.36. The van der Waals surface area contributed by atoms with Crippen LogP contribution in [0.5, 0.6) is 0 Å². The van der Waals surface area contributed by atoms with Crippen LogP contribution in [0.25, 0.3) is 0 Å². The van der Waals surface area contributed by atoms with E-state index in [0.717, 1.165) is 44.7 Å². The number of rotatable bonds is 0. The van der Waals surface area contributed by atoms with Crippen LogP contribution in [0.4, 0.5) is 0 Å². The smallest absolute Gasteiger partial charge is 1.00 e. The number of halogens is 2. The molecule has 0 aromatic heterocycles. The molecule has 0 aliphatic heterocycles. The molecule has 0 aromatic carbocycles. The zero-order valence-corrected chi connectivity index (χ0v) is 27.4. The molecule has 0 spiro atoms. The van der Waals surface area contributed by atoms with E-state index in [1.807, 2.05) is 48.6 Å². The maximum Gasteiger partial charge on any atom is 3.00 e. The van der Waals surface area contributed by atoms with E-state index in [-0.39, 0.29) is 77.2 Å². The van der Waals surface area contributed by atoms with Gasteiger partial charge in [-0.1, -0.05) is 26.2 Å². The van der Waals surface area contributed by atoms with E-state index in [1.165, 1.54) is 0 Å². The van der Waals surface area contributed by atoms with Crippen LogP contribution in [-0.2, 0) is 52.4 Å². The molecule has 0 heterocycles. The third kappa shape index (κ3) is 51.4. The molecular formula is C24H34Cl2Si2Zr2. The summed E-state index contributed by atoms with van der Waals surface area (Å²) < 4.78 is 0. The second-order valence-corrected chi connectivity index (χ2v) is 7.48. The van der Waals surface area contributed by atoms with Crippen molar-refractivity contribution in [2.24, 2.45) is 0 Å². The van der Waals surface area contributed by atoms with Crippen molar-refractivity contribution >= 4 is 19.0 Å². The van der Waals surface area contributed by atoms with Gasteiger partial charge in [0, 0.05) is 19.0 Å². The first-order valence-electron chi connectivity index (χ1n) is 9.18. The Labute approximate surface area is 243 Å². The third-order valence-corrected chi connectivity index (χ3v) is 2.34. The average molecular weight is 632 g/mol. The minimum absolute atomic E-state index is 0. The molecule has 0 saturated heterocycles. The van der Waals surface area contributed by atoms with Gasteiger partial charge in [0.05, 0.1) is 0 Å². The SMILES string of the molecule is C[SiH]C.C[SiH]C.[C-]1=CC=CC1.[C-]1=CC=CC1.[C-]1=CC=CC1.[C-]1=CC=CC1.[Cl-].[Cl-].[Zr+3].[Zr+3]. The zero-order chi connectivity index (χ0) is 19.6. The Balaban J connectivity index is -0.0000000569. The first-order valence-corrected chi connectivity index (χ1v) is 13.8. The van der Waals surface area contributed by atoms with Gasteiger partial charge in [-0.2, -0.15) is 24.3 Å². The van der Waals surface area contributed by atoms with Crippen molar-refractivity contribution in [3.8, 4) is 0 Å². The van der Waals surface area contributed by atoms with E-state index >= 15 is 0 Å². The van der Waals surface area contributed by atoms with E-state index in [4.69, 9.17) is 0 Å². The van der Waals surface area contributed by atoms with Gasteiger partial charge < -0.3 is 24.8 Å². The van der Waals surface area contributed by atoms with Crippen LogP contribution in [-0.4, -0.2) is 19.0 Å². The first kappa shape index (κ1) is 44.4. The summed E-state index contributed by atoms with van der Waals surface area (Å²) in [7, 11) is 1.50. The average Bonchev–Trinajstić information content (AvgIpc) is 3.53. The van der Waals surface area contributed by atoms with Crippen molar-refractivity contribution in [1.29, 1.82) is 0 Å². The summed E-state index contributed by atoms with van der Waals surface area (Å²) in [6.45, 7) is 8.83. The Kier molecular flexibility index (Phi) is 70.2. The second kappa shape index (κ2) is 47.5. The molecule has 4 aliphatic carbocycles. The Morgan fingerprint density at radius 1 is 0.467 bits per heavy atom. The van der Waals surface area contributed by atoms with Gasteiger partial charge in [-0.25, -0.2) is 48.6 Å². The van der Waals surface area contributed by atoms with Crippen LogP contribution in [0.3, 0.4) is 0 Å². The molecule has 4 rings (SSSR count). The topological polar surface area (TPSA) is 0 Å². The molecule has 0 bridgehead atoms. The van der Waals surface area contributed by atoms with Gasteiger partial charge in [0.15, 0.2) is 0 Å². The molecule has 160 valence electrons. The third-order valence-electron chi connectivity index (χ3n) is 2.34. The Morgan fingerprint density at radius 2 is 0.633 bits per heavy atom. The summed E-state index contributed by atoms with van der Waals surface area (Å²) in [6.07, 6.45) is 40.0. The van der Waals surface area contributed by atoms with Crippen LogP contribution in [0.15, 0.2) is 72.9 Å². The minimum atomic E-state index is 0. The Morgan fingerprint density at radius 3 is 0.667 bits per heavy atom. The Bertz CT molecular complexity index is 377. The minimum Gasteiger partial charge on any atom is -1.00 e. The molecule has 0 unspecified atom stereocenters. The second-order valence-electron chi connectivity index (χ2n) is 5.17. The maximum atomic E-state index is 2.99. The molecule has 30 heavy (non-hydrogen) atoms. The first-order chi connectivity index (χ1) is 12.8. The zero-order valence-electron chi connectivity index (χ0n) is 18.7. The van der Waals surface area contributed by atoms with Gasteiger partial charge >= 0.3 is 52.4 Å². The van der Waals surface area contributed by atoms with Crippen molar-refractivity contribution in [2.75, 3.05) is 0 Å². The maximum absolute atomic E-state index is 2.99. The van der Waals surface area contributed by atoms with Crippen LogP contribution in [0.2, 0.25) is 26.2 Å². The quantitative estimate of drug-likeness (QED) is 0.266. The molecule has 4 radical (unpaired) electrons. The van der Waals surface area contributed by atoms with E-state index in [0.29, 0.717) is 0 Å². The van der Waals surface area contributed by atoms with Gasteiger partial charge in [-0.05, 0) is 0 Å². The van der Waals surface area contributed by atoms with Crippen molar-refractivity contribution < 1.29 is 77.2 Å². The standard InChI is InChI=1S/4C5H5.2C2H7Si.2ClH.2Zr/c4*1-2-4-5-3-1;2*1-3-2;;;;/h4*1-3H,4H2;2*3H,1-2H3;2*1H;;/q4*-1;;;;;2*+3/p-2. The van der Waals surface area contributed by atoms with Crippen molar-refractivity contribution in [3.63, 3.8) is 0 Å². The Hall–Kier alpha value is 0.700. The molecule has 0 atom stereocenters. The summed E-state index contributed by atoms with van der Waals surface area (Å²) in [5.74, 6) is 0. The molecule has 0 aromatic rings. The molecule has 4 aliphatic rings. The van der Waals surface area contributed by atoms with E-state index in [2.05, 4.69) is 74.8 Å². The van der Waals surface area contributed by atoms with Crippen molar-refractivity contribution in [2.45, 2.75) is 51.9 Å². The van der Waals surface area contributed by atoms with Gasteiger partial charge in [0.2, 0.25) is 0 Å². The molecule has 0 saturated carbocycles. The van der Waals surface area contributed by atoms with Crippen LogP contribution in [0, 0.1) is 24.3 Å². The predicted octanol–water partition coefficient (Wildman–Crippen LogP) is 0.264. The van der Waals surface area contributed by atoms with Gasteiger partial charge in [-0.3, -0.25) is 24.3 Å². The molecule has 0 N–H and O–H groups in total. The van der Waals surface area contributed by atoms with Crippen molar-refractivity contribution in [1.82, 2.24) is 0 Å². The largest absolute Gasteiger partial charge is 3.00 e. The fourth-order valence-electron chi connectivity index (χ4n) is 1.36. The predicted molar refractivity (Wildman–Crippen MR) is 124 cm³/mol. The molecular weight excluding hydrogens is 598 g/mol. The summed E-state index contributed by atoms with van der Waals surface area (Å²) >= 11 is 0. The van der Waals surface area contributed by atoms with Gasteiger partial charge in [-0.15, -0.1) is 25.7 Å². The summed E-state index contributed by atoms with van der Waals surface area (Å²) in [5.41, 5.74) is 0. The monoisotopic (exact) mass is 628 g/mol. The van der Waals surface area contributed by atoms with Crippen LogP contribution >= 0.6 is 0 Å². The fraction of sp³-hybridized carbons (Fsp3) is 0.333. The van der Waals surface area contributed by atoms with Crippen molar-refractivity contribution in [3.05, 3.63) is 97.2 Å². The van der Waals surface area contributed by atoms with Gasteiger partial charge in [0.1, 0.15) is 0 Å². The molecule has 0 amide bonds. The number of hydrogen-bond acceptors (Lipinski definition) is 0. The van der Waals surface area contributed by atoms with Crippen LogP contribution in [0.1, 0.15) is 25.7 Å². The van der Waals surface area contributed by atoms with E-state index in [1.54, 1.807) is 0 Å². The summed E-state index contributed by atoms with van der Waals surface area (Å²) in [5, 5.41) is 0. The summed E-state index contributed by atoms with van der Waals surface area (Å²) in [4.78, 5) is 0. The number of hydrogen-bond donors (Lipinski definition) is 0. The van der Waals surface area contributed by atoms with E-state index in [9.17, 15) is 0 Å². The van der Waals surface area contributed by atoms with Crippen LogP contribution < -0.4 is 24.8 Å².